The minimum Gasteiger partial charge on any atom is -0.376 e. The van der Waals surface area contributed by atoms with Gasteiger partial charge in [-0.25, -0.2) is 0 Å². The molecule has 0 spiro atoms. The van der Waals surface area contributed by atoms with Crippen molar-refractivity contribution in [1.29, 1.82) is 0 Å². The van der Waals surface area contributed by atoms with E-state index in [4.69, 9.17) is 42.0 Å². The molecule has 0 aliphatic carbocycles. The van der Waals surface area contributed by atoms with Gasteiger partial charge >= 0.3 is 6.07 Å². The molecule has 16 heavy (non-hydrogen) atoms. The number of aliphatic hydroxyl groups excluding tert-OH is 1. The van der Waals surface area contributed by atoms with Gasteiger partial charge in [-0.05, 0) is 41.7 Å². The first kappa shape index (κ1) is 14.7. The Morgan fingerprint density at radius 1 is 1.44 bits per heavy atom. The maximum atomic E-state index is 11.1. The number of hydrogen-bond acceptors (Lipinski definition) is 5. The topological polar surface area (TPSA) is 76.0 Å². The summed E-state index contributed by atoms with van der Waals surface area (Å²) in [6.07, 6.45) is -3.92. The Hall–Kier alpha value is 0.650. The summed E-state index contributed by atoms with van der Waals surface area (Å²) in [7, 11) is 0. The third-order valence-corrected chi connectivity index (χ3v) is 3.33. The van der Waals surface area contributed by atoms with Crippen molar-refractivity contribution in [3.05, 3.63) is 0 Å². The van der Waals surface area contributed by atoms with Crippen molar-refractivity contribution in [1.82, 2.24) is 0 Å². The second kappa shape index (κ2) is 6.55. The second-order valence-electron chi connectivity index (χ2n) is 3.68. The van der Waals surface area contributed by atoms with Crippen molar-refractivity contribution in [3.8, 4) is 0 Å². The van der Waals surface area contributed by atoms with Gasteiger partial charge in [-0.15, -0.1) is 0 Å². The van der Waals surface area contributed by atoms with E-state index in [0.29, 0.717) is 13.0 Å². The van der Waals surface area contributed by atoms with Crippen molar-refractivity contribution >= 4 is 28.6 Å². The van der Waals surface area contributed by atoms with Gasteiger partial charge in [0.25, 0.3) is 0 Å². The van der Waals surface area contributed by atoms with Crippen LogP contribution < -0.4 is 0 Å². The smallest absolute Gasteiger partial charge is 0.376 e. The molecule has 1 saturated heterocycles. The summed E-state index contributed by atoms with van der Waals surface area (Å²) in [6.45, 7) is 0.570. The maximum absolute atomic E-state index is 11.1. The first-order valence-electron chi connectivity index (χ1n) is 5.04. The van der Waals surface area contributed by atoms with Crippen LogP contribution in [0.2, 0.25) is 0 Å². The Bertz CT molecular complexity index is 251. The highest BCUT2D eigenvalue weighted by Crippen LogP contribution is 2.59. The average Bonchev–Trinajstić information content (AvgIpc) is 2.15. The minimum absolute atomic E-state index is 0.131. The fourth-order valence-electron chi connectivity index (χ4n) is 1.69. The first-order chi connectivity index (χ1) is 7.38. The lowest BCUT2D eigenvalue weighted by molar-refractivity contribution is -0.106. The molecule has 0 radical (unpaired) electrons. The number of hydrogen-bond donors (Lipinski definition) is 2. The van der Waals surface area contributed by atoms with Crippen LogP contribution in [0.4, 0.5) is 0 Å². The van der Waals surface area contributed by atoms with E-state index < -0.39 is 18.5 Å². The van der Waals surface area contributed by atoms with Crippen LogP contribution in [0.1, 0.15) is 25.7 Å². The minimum atomic E-state index is -3.70. The summed E-state index contributed by atoms with van der Waals surface area (Å²) < 4.78 is 21.5. The number of ether oxygens (including phenoxy) is 1. The first-order valence-corrected chi connectivity index (χ1v) is 8.47. The van der Waals surface area contributed by atoms with Crippen LogP contribution in [0.25, 0.3) is 0 Å². The van der Waals surface area contributed by atoms with Crippen LogP contribution in [0.5, 0.6) is 0 Å². The molecule has 0 bridgehead atoms. The molecule has 1 rings (SSSR count). The summed E-state index contributed by atoms with van der Waals surface area (Å²) in [6, 6.07) is 0. The molecule has 1 aliphatic heterocycles. The van der Waals surface area contributed by atoms with E-state index in [1.807, 2.05) is 0 Å². The Kier molecular flexibility index (Phi) is 6.02. The Labute approximate surface area is 104 Å². The van der Waals surface area contributed by atoms with Crippen molar-refractivity contribution < 1.29 is 24.0 Å². The largest absolute Gasteiger partial charge is 0.380 e. The predicted molar refractivity (Wildman–Crippen MR) is 60.6 cm³/mol. The van der Waals surface area contributed by atoms with Crippen LogP contribution >= 0.6 is 28.6 Å². The highest BCUT2D eigenvalue weighted by atomic mass is 35.9. The fourth-order valence-corrected chi connectivity index (χ4v) is 2.84. The van der Waals surface area contributed by atoms with Gasteiger partial charge in [0, 0.05) is 13.0 Å². The van der Waals surface area contributed by atoms with Gasteiger partial charge in [-0.1, -0.05) is 0 Å². The van der Waals surface area contributed by atoms with Crippen LogP contribution in [0.3, 0.4) is 0 Å². The van der Waals surface area contributed by atoms with E-state index in [0.717, 1.165) is 12.8 Å². The van der Waals surface area contributed by atoms with Crippen LogP contribution in [0.15, 0.2) is 0 Å². The molecule has 1 fully saturated rings. The van der Waals surface area contributed by atoms with E-state index in [1.165, 1.54) is 0 Å². The second-order valence-corrected chi connectivity index (χ2v) is 7.91. The Morgan fingerprint density at radius 3 is 2.56 bits per heavy atom. The molecule has 0 aromatic heterocycles. The third-order valence-electron chi connectivity index (χ3n) is 2.33. The normalized spacial score (nSPS) is 24.7. The SMILES string of the molecule is O=P(Cl)(Cl)OC(CC(O)O)C1CCCCO1. The molecule has 0 amide bonds. The predicted octanol–water partition coefficient (Wildman–Crippen LogP) is 2.23. The van der Waals surface area contributed by atoms with E-state index in [2.05, 4.69) is 0 Å². The number of rotatable bonds is 5. The zero-order chi connectivity index (χ0) is 12.2. The Balaban J connectivity index is 2.58. The molecule has 0 aromatic rings. The highest BCUT2D eigenvalue weighted by Gasteiger charge is 2.32. The molecular formula is C8H15Cl2O5P. The monoisotopic (exact) mass is 292 g/mol. The lowest BCUT2D eigenvalue weighted by Gasteiger charge is -2.30. The Morgan fingerprint density at radius 2 is 2.12 bits per heavy atom. The molecule has 1 aliphatic rings. The molecule has 2 unspecified atom stereocenters. The van der Waals surface area contributed by atoms with Gasteiger partial charge < -0.3 is 14.9 Å². The lowest BCUT2D eigenvalue weighted by atomic mass is 10.0. The molecule has 5 nitrogen and oxygen atoms in total. The molecule has 0 aromatic carbocycles. The fraction of sp³-hybridized carbons (Fsp3) is 1.00. The summed E-state index contributed by atoms with van der Waals surface area (Å²) >= 11 is 10.6. The molecule has 96 valence electrons. The standard InChI is InChI=1S/C8H15Cl2O5P/c9-16(10,13)15-7(5-8(11)12)6-3-1-2-4-14-6/h6-8,11-12H,1-5H2. The van der Waals surface area contributed by atoms with E-state index in [-0.39, 0.29) is 12.5 Å². The summed E-state index contributed by atoms with van der Waals surface area (Å²) in [5.41, 5.74) is 0. The quantitative estimate of drug-likeness (QED) is 0.600. The van der Waals surface area contributed by atoms with E-state index >= 15 is 0 Å². The molecule has 8 heteroatoms. The van der Waals surface area contributed by atoms with Crippen molar-refractivity contribution in [3.63, 3.8) is 0 Å². The highest BCUT2D eigenvalue weighted by molar-refractivity contribution is 8.05. The van der Waals surface area contributed by atoms with Crippen molar-refractivity contribution in [2.24, 2.45) is 0 Å². The molecule has 2 N–H and O–H groups in total. The zero-order valence-electron chi connectivity index (χ0n) is 8.59. The van der Waals surface area contributed by atoms with Crippen LogP contribution in [0, 0.1) is 0 Å². The molecule has 2 atom stereocenters. The van der Waals surface area contributed by atoms with Crippen LogP contribution in [-0.2, 0) is 13.8 Å². The van der Waals surface area contributed by atoms with Gasteiger partial charge in [0.2, 0.25) is 0 Å². The van der Waals surface area contributed by atoms with Gasteiger partial charge in [0.1, 0.15) is 0 Å². The third kappa shape index (κ3) is 5.82. The molecule has 1 heterocycles. The summed E-state index contributed by atoms with van der Waals surface area (Å²) in [5, 5.41) is 17.8. The van der Waals surface area contributed by atoms with Gasteiger partial charge in [0.15, 0.2) is 6.29 Å². The molecule has 0 saturated carbocycles. The van der Waals surface area contributed by atoms with Gasteiger partial charge in [-0.2, -0.15) is 0 Å². The number of aliphatic hydroxyl groups is 2. The molecular weight excluding hydrogens is 278 g/mol. The zero-order valence-corrected chi connectivity index (χ0v) is 11.0. The maximum Gasteiger partial charge on any atom is 0.380 e. The summed E-state index contributed by atoms with van der Waals surface area (Å²) in [4.78, 5) is 0. The van der Waals surface area contributed by atoms with Crippen molar-refractivity contribution in [2.75, 3.05) is 6.61 Å². The lowest BCUT2D eigenvalue weighted by Crippen LogP contribution is -2.36. The van der Waals surface area contributed by atoms with Crippen LogP contribution in [-0.4, -0.2) is 35.3 Å². The average molecular weight is 293 g/mol. The van der Waals surface area contributed by atoms with E-state index in [9.17, 15) is 4.57 Å². The summed E-state index contributed by atoms with van der Waals surface area (Å²) in [5.74, 6) is 0. The number of halogens is 2. The van der Waals surface area contributed by atoms with Gasteiger partial charge in [0.05, 0.1) is 12.2 Å². The van der Waals surface area contributed by atoms with Gasteiger partial charge in [-0.3, -0.25) is 9.09 Å². The van der Waals surface area contributed by atoms with Crippen molar-refractivity contribution in [2.45, 2.75) is 44.2 Å². The van der Waals surface area contributed by atoms with E-state index in [1.54, 1.807) is 0 Å².